The van der Waals surface area contributed by atoms with Crippen LogP contribution in [-0.4, -0.2) is 5.97 Å². The Balaban J connectivity index is 1.47. The molecular formula is C36H30N2O3. The summed E-state index contributed by atoms with van der Waals surface area (Å²) < 4.78 is 13.1. The summed E-state index contributed by atoms with van der Waals surface area (Å²) in [5.41, 5.74) is 8.93. The molecule has 7 rings (SSSR count). The molecule has 5 nitrogen and oxygen atoms in total. The summed E-state index contributed by atoms with van der Waals surface area (Å²) in [5, 5.41) is 7.23. The third-order valence-electron chi connectivity index (χ3n) is 8.23. The maximum atomic E-state index is 13.5. The summed E-state index contributed by atoms with van der Waals surface area (Å²) in [7, 11) is 0. The van der Waals surface area contributed by atoms with Crippen molar-refractivity contribution in [3.63, 3.8) is 0 Å². The van der Waals surface area contributed by atoms with Crippen LogP contribution in [0, 0.1) is 13.8 Å². The van der Waals surface area contributed by atoms with E-state index in [0.717, 1.165) is 51.4 Å². The molecule has 0 saturated carbocycles. The molecule has 0 radical (unpaired) electrons. The molecule has 1 spiro atoms. The number of nitrogens with one attached hydrogen (secondary N) is 2. The molecule has 5 heteroatoms. The van der Waals surface area contributed by atoms with Crippen molar-refractivity contribution in [1.82, 2.24) is 0 Å². The van der Waals surface area contributed by atoms with Crippen molar-refractivity contribution in [2.45, 2.75) is 32.8 Å². The first-order chi connectivity index (χ1) is 20.0. The number of aryl methyl sites for hydroxylation is 2. The number of ether oxygens (including phenoxy) is 2. The fraction of sp³-hybridized carbons (Fsp3) is 0.139. The summed E-state index contributed by atoms with van der Waals surface area (Å²) in [5.74, 6) is 0.968. The van der Waals surface area contributed by atoms with Gasteiger partial charge in [0.05, 0.1) is 16.8 Å². The predicted octanol–water partition coefficient (Wildman–Crippen LogP) is 8.92. The van der Waals surface area contributed by atoms with Crippen LogP contribution in [0.4, 0.5) is 22.7 Å². The van der Waals surface area contributed by atoms with Gasteiger partial charge in [0.25, 0.3) is 0 Å². The van der Waals surface area contributed by atoms with E-state index in [1.165, 1.54) is 11.1 Å². The Morgan fingerprint density at radius 2 is 1.46 bits per heavy atom. The predicted molar refractivity (Wildman–Crippen MR) is 163 cm³/mol. The third-order valence-corrected chi connectivity index (χ3v) is 8.23. The quantitative estimate of drug-likeness (QED) is 0.219. The molecule has 5 aromatic carbocycles. The van der Waals surface area contributed by atoms with Crippen LogP contribution in [0.1, 0.15) is 50.7 Å². The molecule has 2 aliphatic heterocycles. The molecule has 0 aromatic heterocycles. The molecule has 0 bridgehead atoms. The van der Waals surface area contributed by atoms with Crippen LogP contribution in [-0.2, 0) is 16.8 Å². The van der Waals surface area contributed by atoms with E-state index < -0.39 is 5.60 Å². The van der Waals surface area contributed by atoms with Gasteiger partial charge in [0.15, 0.2) is 5.60 Å². The van der Waals surface area contributed by atoms with E-state index in [1.807, 2.05) is 85.8 Å². The minimum Gasteiger partial charge on any atom is -0.456 e. The van der Waals surface area contributed by atoms with E-state index in [4.69, 9.17) is 9.47 Å². The molecule has 0 amide bonds. The van der Waals surface area contributed by atoms with Gasteiger partial charge in [-0.15, -0.1) is 0 Å². The Morgan fingerprint density at radius 1 is 0.707 bits per heavy atom. The number of carbonyl (C=O) groups excluding carboxylic acids is 1. The number of benzene rings is 5. The Morgan fingerprint density at radius 3 is 2.29 bits per heavy atom. The number of para-hydroxylation sites is 1. The summed E-state index contributed by atoms with van der Waals surface area (Å²) in [6.07, 6.45) is 0.941. The smallest absolute Gasteiger partial charge is 0.340 e. The second kappa shape index (κ2) is 9.56. The fourth-order valence-corrected chi connectivity index (χ4v) is 6.14. The molecule has 5 aromatic rings. The van der Waals surface area contributed by atoms with Crippen LogP contribution in [0.3, 0.4) is 0 Å². The third kappa shape index (κ3) is 3.88. The van der Waals surface area contributed by atoms with E-state index in [0.29, 0.717) is 17.1 Å². The summed E-state index contributed by atoms with van der Waals surface area (Å²) in [4.78, 5) is 13.5. The second-order valence-electron chi connectivity index (χ2n) is 10.6. The molecule has 0 aliphatic carbocycles. The highest BCUT2D eigenvalue weighted by atomic mass is 16.6. The number of esters is 1. The molecule has 41 heavy (non-hydrogen) atoms. The first-order valence-electron chi connectivity index (χ1n) is 14.0. The van der Waals surface area contributed by atoms with Gasteiger partial charge in [-0.05, 0) is 85.5 Å². The van der Waals surface area contributed by atoms with Gasteiger partial charge in [-0.1, -0.05) is 61.5 Å². The van der Waals surface area contributed by atoms with Gasteiger partial charge in [0.2, 0.25) is 0 Å². The molecule has 2 N–H and O–H groups in total. The first-order valence-corrected chi connectivity index (χ1v) is 14.0. The van der Waals surface area contributed by atoms with Crippen molar-refractivity contribution in [3.8, 4) is 11.5 Å². The Hall–Kier alpha value is -5.03. The standard InChI is InChI=1S/C36H30N2O3/c1-4-24-12-10-17-29(23(24)3)38-30-18-11-19-32-34(30)36(27-16-9-8-15-26(27)35(39)41-36)28-21-31(22(2)20-33(28)40-32)37-25-13-6-5-7-14-25/h5-21,37-38H,4H2,1-3H3. The van der Waals surface area contributed by atoms with E-state index in [9.17, 15) is 4.79 Å². The molecule has 1 unspecified atom stereocenters. The maximum absolute atomic E-state index is 13.5. The highest BCUT2D eigenvalue weighted by molar-refractivity contribution is 5.98. The van der Waals surface area contributed by atoms with E-state index in [-0.39, 0.29) is 5.97 Å². The van der Waals surface area contributed by atoms with Crippen LogP contribution >= 0.6 is 0 Å². The van der Waals surface area contributed by atoms with Gasteiger partial charge in [-0.25, -0.2) is 4.79 Å². The number of hydrogen-bond acceptors (Lipinski definition) is 5. The number of anilines is 4. The number of carbonyl (C=O) groups is 1. The van der Waals surface area contributed by atoms with Crippen molar-refractivity contribution >= 4 is 28.7 Å². The van der Waals surface area contributed by atoms with Gasteiger partial charge in [0, 0.05) is 28.2 Å². The number of rotatable bonds is 5. The summed E-state index contributed by atoms with van der Waals surface area (Å²) in [6, 6.07) is 34.0. The average Bonchev–Trinajstić information content (AvgIpc) is 3.28. The largest absolute Gasteiger partial charge is 0.456 e. The minimum absolute atomic E-state index is 0.350. The monoisotopic (exact) mass is 538 g/mol. The van der Waals surface area contributed by atoms with Gasteiger partial charge < -0.3 is 20.1 Å². The van der Waals surface area contributed by atoms with E-state index in [2.05, 4.69) is 48.7 Å². The zero-order valence-corrected chi connectivity index (χ0v) is 23.2. The molecule has 2 aliphatic rings. The molecule has 2 heterocycles. The molecular weight excluding hydrogens is 508 g/mol. The second-order valence-corrected chi connectivity index (χ2v) is 10.6. The van der Waals surface area contributed by atoms with Crippen molar-refractivity contribution in [2.24, 2.45) is 0 Å². The van der Waals surface area contributed by atoms with Gasteiger partial charge in [-0.2, -0.15) is 0 Å². The highest BCUT2D eigenvalue weighted by Crippen LogP contribution is 2.59. The van der Waals surface area contributed by atoms with Crippen LogP contribution in [0.2, 0.25) is 0 Å². The molecule has 1 atom stereocenters. The van der Waals surface area contributed by atoms with Crippen molar-refractivity contribution < 1.29 is 14.3 Å². The fourth-order valence-electron chi connectivity index (χ4n) is 6.14. The van der Waals surface area contributed by atoms with Crippen molar-refractivity contribution in [2.75, 3.05) is 10.6 Å². The van der Waals surface area contributed by atoms with Gasteiger partial charge >= 0.3 is 5.97 Å². The maximum Gasteiger partial charge on any atom is 0.340 e. The molecule has 0 fully saturated rings. The SMILES string of the molecule is CCc1cccc(Nc2cccc3c2C2(OC(=O)c4ccccc42)c2cc(Nc4ccccc4)c(C)cc2O3)c1C. The lowest BCUT2D eigenvalue weighted by atomic mass is 9.76. The van der Waals surface area contributed by atoms with Crippen LogP contribution in [0.5, 0.6) is 11.5 Å². The zero-order valence-electron chi connectivity index (χ0n) is 23.2. The van der Waals surface area contributed by atoms with Crippen LogP contribution in [0.15, 0.2) is 103 Å². The topological polar surface area (TPSA) is 59.6 Å². The molecule has 0 saturated heterocycles. The summed E-state index contributed by atoms with van der Waals surface area (Å²) in [6.45, 7) is 6.34. The van der Waals surface area contributed by atoms with Crippen LogP contribution < -0.4 is 15.4 Å². The van der Waals surface area contributed by atoms with Crippen molar-refractivity contribution in [3.05, 3.63) is 142 Å². The van der Waals surface area contributed by atoms with Gasteiger partial charge in [0.1, 0.15) is 11.5 Å². The highest BCUT2D eigenvalue weighted by Gasteiger charge is 2.55. The number of fused-ring (bicyclic) bond motifs is 6. The Kier molecular flexibility index (Phi) is 5.82. The minimum atomic E-state index is -1.20. The zero-order chi connectivity index (χ0) is 28.1. The first kappa shape index (κ1) is 25.0. The lowest BCUT2D eigenvalue weighted by molar-refractivity contribution is 0.0227. The lowest BCUT2D eigenvalue weighted by Gasteiger charge is -2.38. The van der Waals surface area contributed by atoms with E-state index in [1.54, 1.807) is 0 Å². The number of hydrogen-bond donors (Lipinski definition) is 2. The van der Waals surface area contributed by atoms with Gasteiger partial charge in [-0.3, -0.25) is 0 Å². The normalized spacial score (nSPS) is 16.3. The Bertz CT molecular complexity index is 1830. The van der Waals surface area contributed by atoms with Crippen LogP contribution in [0.25, 0.3) is 0 Å². The average molecular weight is 539 g/mol. The van der Waals surface area contributed by atoms with E-state index >= 15 is 0 Å². The Labute approximate surface area is 239 Å². The lowest BCUT2D eigenvalue weighted by Crippen LogP contribution is -2.34. The van der Waals surface area contributed by atoms with Crippen molar-refractivity contribution in [1.29, 1.82) is 0 Å². The molecule has 202 valence electrons. The summed E-state index contributed by atoms with van der Waals surface area (Å²) >= 11 is 0.